The summed E-state index contributed by atoms with van der Waals surface area (Å²) in [5, 5.41) is 0. The molecular weight excluding hydrogens is 204 g/mol. The molecule has 2 N–H and O–H groups in total. The van der Waals surface area contributed by atoms with Crippen molar-refractivity contribution < 1.29 is 9.53 Å². The third kappa shape index (κ3) is 1.88. The normalized spacial score (nSPS) is 18.6. The second kappa shape index (κ2) is 4.53. The van der Waals surface area contributed by atoms with Crippen molar-refractivity contribution in [3.05, 3.63) is 29.8 Å². The highest BCUT2D eigenvalue weighted by molar-refractivity contribution is 5.93. The highest BCUT2D eigenvalue weighted by Gasteiger charge is 2.31. The molecule has 1 heterocycles. The molecule has 1 unspecified atom stereocenters. The number of benzene rings is 1. The first-order chi connectivity index (χ1) is 7.74. The number of hydrogen-bond acceptors (Lipinski definition) is 2. The predicted molar refractivity (Wildman–Crippen MR) is 62.5 cm³/mol. The molecule has 16 heavy (non-hydrogen) atoms. The minimum Gasteiger partial charge on any atom is -0.385 e. The van der Waals surface area contributed by atoms with Gasteiger partial charge in [-0.05, 0) is 24.5 Å². The Bertz CT molecular complexity index is 392. The minimum absolute atomic E-state index is 0.134. The fourth-order valence-electron chi connectivity index (χ4n) is 2.24. The van der Waals surface area contributed by atoms with Crippen molar-refractivity contribution in [1.29, 1.82) is 0 Å². The fraction of sp³-hybridized carbons (Fsp3) is 0.417. The van der Waals surface area contributed by atoms with Crippen molar-refractivity contribution in [2.75, 3.05) is 18.6 Å². The molecule has 0 saturated carbocycles. The molecule has 86 valence electrons. The summed E-state index contributed by atoms with van der Waals surface area (Å²) in [5.41, 5.74) is 7.54. The third-order valence-corrected chi connectivity index (χ3v) is 2.96. The number of methoxy groups -OCH3 is 1. The summed E-state index contributed by atoms with van der Waals surface area (Å²) in [5.74, 6) is 0. The highest BCUT2D eigenvalue weighted by Crippen LogP contribution is 2.32. The quantitative estimate of drug-likeness (QED) is 0.839. The Kier molecular flexibility index (Phi) is 3.10. The third-order valence-electron chi connectivity index (χ3n) is 2.96. The van der Waals surface area contributed by atoms with Crippen molar-refractivity contribution in [3.8, 4) is 0 Å². The number of anilines is 1. The molecule has 0 aromatic heterocycles. The lowest BCUT2D eigenvalue weighted by atomic mass is 10.1. The molecule has 1 aromatic carbocycles. The van der Waals surface area contributed by atoms with E-state index in [1.165, 1.54) is 5.56 Å². The van der Waals surface area contributed by atoms with Gasteiger partial charge in [0, 0.05) is 25.4 Å². The van der Waals surface area contributed by atoms with Gasteiger partial charge in [0.15, 0.2) is 0 Å². The van der Waals surface area contributed by atoms with E-state index in [4.69, 9.17) is 10.5 Å². The zero-order valence-corrected chi connectivity index (χ0v) is 9.35. The topological polar surface area (TPSA) is 55.6 Å². The lowest BCUT2D eigenvalue weighted by Crippen LogP contribution is -2.41. The summed E-state index contributed by atoms with van der Waals surface area (Å²) in [7, 11) is 1.66. The molecule has 1 aliphatic heterocycles. The Labute approximate surface area is 95.0 Å². The SMILES string of the molecule is COCCC1Cc2ccccc2N1C(N)=O. The molecule has 4 nitrogen and oxygen atoms in total. The lowest BCUT2D eigenvalue weighted by Gasteiger charge is -2.23. The summed E-state index contributed by atoms with van der Waals surface area (Å²) >= 11 is 0. The molecule has 2 amide bonds. The van der Waals surface area contributed by atoms with Crippen LogP contribution in [0.1, 0.15) is 12.0 Å². The number of nitrogens with two attached hydrogens (primary N) is 1. The number of nitrogens with zero attached hydrogens (tertiary/aromatic N) is 1. The first-order valence-electron chi connectivity index (χ1n) is 5.39. The van der Waals surface area contributed by atoms with Crippen LogP contribution in [0, 0.1) is 0 Å². The van der Waals surface area contributed by atoms with E-state index in [1.807, 2.05) is 24.3 Å². The number of urea groups is 1. The van der Waals surface area contributed by atoms with Gasteiger partial charge in [-0.2, -0.15) is 0 Å². The van der Waals surface area contributed by atoms with Crippen LogP contribution in [-0.4, -0.2) is 25.8 Å². The van der Waals surface area contributed by atoms with Crippen molar-refractivity contribution in [2.24, 2.45) is 5.73 Å². The maximum absolute atomic E-state index is 11.4. The Morgan fingerprint density at radius 3 is 3.00 bits per heavy atom. The van der Waals surface area contributed by atoms with Crippen molar-refractivity contribution in [3.63, 3.8) is 0 Å². The summed E-state index contributed by atoms with van der Waals surface area (Å²) in [4.78, 5) is 13.1. The smallest absolute Gasteiger partial charge is 0.319 e. The van der Waals surface area contributed by atoms with Crippen LogP contribution in [0.3, 0.4) is 0 Å². The van der Waals surface area contributed by atoms with E-state index in [-0.39, 0.29) is 12.1 Å². The van der Waals surface area contributed by atoms with Gasteiger partial charge in [-0.15, -0.1) is 0 Å². The van der Waals surface area contributed by atoms with Gasteiger partial charge in [0.2, 0.25) is 0 Å². The van der Waals surface area contributed by atoms with Crippen LogP contribution in [0.4, 0.5) is 10.5 Å². The zero-order chi connectivity index (χ0) is 11.5. The summed E-state index contributed by atoms with van der Waals surface area (Å²) < 4.78 is 5.05. The molecule has 0 saturated heterocycles. The molecule has 0 spiro atoms. The second-order valence-electron chi connectivity index (χ2n) is 3.98. The number of fused-ring (bicyclic) bond motifs is 1. The monoisotopic (exact) mass is 220 g/mol. The van der Waals surface area contributed by atoms with Crippen molar-refractivity contribution >= 4 is 11.7 Å². The van der Waals surface area contributed by atoms with E-state index >= 15 is 0 Å². The average Bonchev–Trinajstić information content (AvgIpc) is 2.64. The number of amides is 2. The van der Waals surface area contributed by atoms with Crippen LogP contribution < -0.4 is 10.6 Å². The van der Waals surface area contributed by atoms with Crippen LogP contribution in [-0.2, 0) is 11.2 Å². The van der Waals surface area contributed by atoms with Gasteiger partial charge in [-0.3, -0.25) is 4.90 Å². The summed E-state index contributed by atoms with van der Waals surface area (Å²) in [6.07, 6.45) is 1.68. The van der Waals surface area contributed by atoms with Crippen molar-refractivity contribution in [1.82, 2.24) is 0 Å². The maximum Gasteiger partial charge on any atom is 0.319 e. The van der Waals surface area contributed by atoms with Crippen LogP contribution in [0.15, 0.2) is 24.3 Å². The van der Waals surface area contributed by atoms with Crippen LogP contribution >= 0.6 is 0 Å². The predicted octanol–water partition coefficient (Wildman–Crippen LogP) is 1.53. The van der Waals surface area contributed by atoms with Crippen LogP contribution in [0.25, 0.3) is 0 Å². The number of para-hydroxylation sites is 1. The minimum atomic E-state index is -0.383. The molecular formula is C12H16N2O2. The maximum atomic E-state index is 11.4. The second-order valence-corrected chi connectivity index (χ2v) is 3.98. The first kappa shape index (κ1) is 11.0. The standard InChI is InChI=1S/C12H16N2O2/c1-16-7-6-10-8-9-4-2-3-5-11(9)14(10)12(13)15/h2-5,10H,6-8H2,1H3,(H2,13,15). The average molecular weight is 220 g/mol. The molecule has 1 atom stereocenters. The van der Waals surface area contributed by atoms with E-state index in [0.29, 0.717) is 6.61 Å². The molecule has 0 aliphatic carbocycles. The van der Waals surface area contributed by atoms with Crippen LogP contribution in [0.5, 0.6) is 0 Å². The van der Waals surface area contributed by atoms with E-state index in [0.717, 1.165) is 18.5 Å². The molecule has 4 heteroatoms. The van der Waals surface area contributed by atoms with E-state index in [1.54, 1.807) is 12.0 Å². The molecule has 0 fully saturated rings. The Morgan fingerprint density at radius 2 is 2.31 bits per heavy atom. The first-order valence-corrected chi connectivity index (χ1v) is 5.39. The number of hydrogen-bond donors (Lipinski definition) is 1. The van der Waals surface area contributed by atoms with Crippen molar-refractivity contribution in [2.45, 2.75) is 18.9 Å². The lowest BCUT2D eigenvalue weighted by molar-refractivity contribution is 0.187. The van der Waals surface area contributed by atoms with E-state index in [9.17, 15) is 4.79 Å². The molecule has 0 radical (unpaired) electrons. The number of carbonyl (C=O) groups is 1. The summed E-state index contributed by atoms with van der Waals surface area (Å²) in [6, 6.07) is 7.63. The number of ether oxygens (including phenoxy) is 1. The Hall–Kier alpha value is -1.55. The number of carbonyl (C=O) groups excluding carboxylic acids is 1. The van der Waals surface area contributed by atoms with E-state index in [2.05, 4.69) is 0 Å². The van der Waals surface area contributed by atoms with Gasteiger partial charge in [-0.25, -0.2) is 4.79 Å². The Morgan fingerprint density at radius 1 is 1.56 bits per heavy atom. The molecule has 2 rings (SSSR count). The molecule has 0 bridgehead atoms. The molecule has 1 aliphatic rings. The fourth-order valence-corrected chi connectivity index (χ4v) is 2.24. The molecule has 1 aromatic rings. The van der Waals surface area contributed by atoms with Crippen LogP contribution in [0.2, 0.25) is 0 Å². The highest BCUT2D eigenvalue weighted by atomic mass is 16.5. The zero-order valence-electron chi connectivity index (χ0n) is 9.35. The van der Waals surface area contributed by atoms with Gasteiger partial charge in [0.1, 0.15) is 0 Å². The summed E-state index contributed by atoms with van der Waals surface area (Å²) in [6.45, 7) is 0.641. The number of primary amides is 1. The van der Waals surface area contributed by atoms with Gasteiger partial charge in [-0.1, -0.05) is 18.2 Å². The van der Waals surface area contributed by atoms with Gasteiger partial charge >= 0.3 is 6.03 Å². The Balaban J connectivity index is 2.23. The largest absolute Gasteiger partial charge is 0.385 e. The van der Waals surface area contributed by atoms with Gasteiger partial charge < -0.3 is 10.5 Å². The van der Waals surface area contributed by atoms with E-state index < -0.39 is 0 Å². The number of rotatable bonds is 3. The van der Waals surface area contributed by atoms with Gasteiger partial charge in [0.05, 0.1) is 0 Å². The van der Waals surface area contributed by atoms with Gasteiger partial charge in [0.25, 0.3) is 0 Å².